The predicted octanol–water partition coefficient (Wildman–Crippen LogP) is 3.36. The van der Waals surface area contributed by atoms with Crippen molar-refractivity contribution in [1.29, 1.82) is 0 Å². The summed E-state index contributed by atoms with van der Waals surface area (Å²) in [6.45, 7) is 4.29. The van der Waals surface area contributed by atoms with Crippen LogP contribution in [-0.2, 0) is 16.1 Å². The van der Waals surface area contributed by atoms with E-state index in [2.05, 4.69) is 10.6 Å². The molecule has 2 aromatic rings. The second-order valence-corrected chi connectivity index (χ2v) is 6.42. The van der Waals surface area contributed by atoms with Gasteiger partial charge in [0.15, 0.2) is 6.61 Å². The van der Waals surface area contributed by atoms with Gasteiger partial charge in [-0.25, -0.2) is 0 Å². The van der Waals surface area contributed by atoms with E-state index in [0.717, 1.165) is 36.4 Å². The summed E-state index contributed by atoms with van der Waals surface area (Å²) in [5.41, 5.74) is 2.69. The van der Waals surface area contributed by atoms with E-state index >= 15 is 0 Å². The molecule has 1 heterocycles. The summed E-state index contributed by atoms with van der Waals surface area (Å²) in [6, 6.07) is 15.0. The summed E-state index contributed by atoms with van der Waals surface area (Å²) in [7, 11) is 0. The minimum Gasteiger partial charge on any atom is -0.484 e. The summed E-state index contributed by atoms with van der Waals surface area (Å²) in [5.74, 6) is 0.540. The number of ether oxygens (including phenoxy) is 1. The van der Waals surface area contributed by atoms with Gasteiger partial charge in [-0.1, -0.05) is 25.1 Å². The Balaban J connectivity index is 0.00000280. The predicted molar refractivity (Wildman–Crippen MR) is 113 cm³/mol. The van der Waals surface area contributed by atoms with Crippen LogP contribution in [0.1, 0.15) is 25.3 Å². The van der Waals surface area contributed by atoms with E-state index in [-0.39, 0.29) is 30.8 Å². The van der Waals surface area contributed by atoms with Crippen LogP contribution in [0, 0.1) is 0 Å². The fraction of sp³-hybridized carbons (Fsp3) is 0.333. The Bertz CT molecular complexity index is 796. The zero-order valence-corrected chi connectivity index (χ0v) is 16.8. The van der Waals surface area contributed by atoms with Gasteiger partial charge in [-0.3, -0.25) is 9.59 Å². The highest BCUT2D eigenvalue weighted by molar-refractivity contribution is 5.95. The van der Waals surface area contributed by atoms with Crippen LogP contribution in [0.25, 0.3) is 0 Å². The van der Waals surface area contributed by atoms with Gasteiger partial charge in [-0.05, 0) is 48.9 Å². The third-order valence-corrected chi connectivity index (χ3v) is 4.45. The first-order valence-electron chi connectivity index (χ1n) is 9.29. The van der Waals surface area contributed by atoms with Crippen molar-refractivity contribution in [3.8, 4) is 5.75 Å². The highest BCUT2D eigenvalue weighted by Crippen LogP contribution is 2.24. The molecule has 28 heavy (non-hydrogen) atoms. The maximum Gasteiger partial charge on any atom is 0.262 e. The van der Waals surface area contributed by atoms with Gasteiger partial charge in [0, 0.05) is 30.9 Å². The summed E-state index contributed by atoms with van der Waals surface area (Å²) in [4.78, 5) is 25.8. The highest BCUT2D eigenvalue weighted by Gasteiger charge is 2.21. The average Bonchev–Trinajstić information content (AvgIpc) is 3.12. The van der Waals surface area contributed by atoms with E-state index in [9.17, 15) is 9.59 Å². The Kier molecular flexibility index (Phi) is 8.29. The lowest BCUT2D eigenvalue weighted by Crippen LogP contribution is -2.23. The van der Waals surface area contributed by atoms with Crippen molar-refractivity contribution in [2.45, 2.75) is 26.3 Å². The first-order valence-corrected chi connectivity index (χ1v) is 9.29. The van der Waals surface area contributed by atoms with Gasteiger partial charge < -0.3 is 20.3 Å². The minimum atomic E-state index is -0.210. The molecule has 0 spiro atoms. The monoisotopic (exact) mass is 403 g/mol. The van der Waals surface area contributed by atoms with E-state index < -0.39 is 0 Å². The Morgan fingerprint density at radius 1 is 1.14 bits per heavy atom. The van der Waals surface area contributed by atoms with Gasteiger partial charge in [0.05, 0.1) is 0 Å². The minimum absolute atomic E-state index is 0. The van der Waals surface area contributed by atoms with Crippen molar-refractivity contribution < 1.29 is 14.3 Å². The quantitative estimate of drug-likeness (QED) is 0.709. The molecule has 1 fully saturated rings. The molecule has 0 bridgehead atoms. The third kappa shape index (κ3) is 5.71. The lowest BCUT2D eigenvalue weighted by atomic mass is 10.1. The molecule has 0 aromatic heterocycles. The lowest BCUT2D eigenvalue weighted by Gasteiger charge is -2.16. The molecule has 2 amide bonds. The third-order valence-electron chi connectivity index (χ3n) is 4.45. The fourth-order valence-electron chi connectivity index (χ4n) is 3.03. The van der Waals surface area contributed by atoms with Gasteiger partial charge in [-0.2, -0.15) is 0 Å². The van der Waals surface area contributed by atoms with Crippen LogP contribution >= 0.6 is 12.4 Å². The number of carbonyl (C=O) groups is 2. The van der Waals surface area contributed by atoms with Crippen LogP contribution in [0.5, 0.6) is 5.75 Å². The van der Waals surface area contributed by atoms with Crippen molar-refractivity contribution in [2.24, 2.45) is 0 Å². The smallest absolute Gasteiger partial charge is 0.262 e. The van der Waals surface area contributed by atoms with Gasteiger partial charge >= 0.3 is 0 Å². The molecule has 6 nitrogen and oxygen atoms in total. The fourth-order valence-corrected chi connectivity index (χ4v) is 3.03. The number of hydrogen-bond acceptors (Lipinski definition) is 4. The largest absolute Gasteiger partial charge is 0.484 e. The van der Waals surface area contributed by atoms with Crippen LogP contribution in [0.4, 0.5) is 11.4 Å². The summed E-state index contributed by atoms with van der Waals surface area (Å²) in [6.07, 6.45) is 1.50. The molecule has 0 aliphatic carbocycles. The molecule has 0 saturated carbocycles. The SMILES string of the molecule is CCNCc1ccccc1NC(=O)COc1ccc(N2CCCC2=O)cc1.Cl. The maximum absolute atomic E-state index is 12.2. The topological polar surface area (TPSA) is 70.7 Å². The molecule has 3 rings (SSSR count). The van der Waals surface area contributed by atoms with Gasteiger partial charge in [0.25, 0.3) is 5.91 Å². The molecule has 0 unspecified atom stereocenters. The first-order chi connectivity index (χ1) is 13.2. The Morgan fingerprint density at radius 3 is 2.57 bits per heavy atom. The van der Waals surface area contributed by atoms with Gasteiger partial charge in [0.2, 0.25) is 5.91 Å². The molecule has 150 valence electrons. The lowest BCUT2D eigenvalue weighted by molar-refractivity contribution is -0.118. The number of rotatable bonds is 8. The van der Waals surface area contributed by atoms with Crippen LogP contribution in [0.15, 0.2) is 48.5 Å². The second kappa shape index (κ2) is 10.7. The molecule has 7 heteroatoms. The zero-order valence-electron chi connectivity index (χ0n) is 15.9. The molecule has 1 saturated heterocycles. The normalized spacial score (nSPS) is 13.2. The Labute approximate surface area is 171 Å². The number of halogens is 1. The van der Waals surface area contributed by atoms with Crippen molar-refractivity contribution in [2.75, 3.05) is 29.9 Å². The van der Waals surface area contributed by atoms with E-state index in [1.165, 1.54) is 0 Å². The van der Waals surface area contributed by atoms with Crippen LogP contribution in [-0.4, -0.2) is 31.5 Å². The number of carbonyl (C=O) groups excluding carboxylic acids is 2. The Hall–Kier alpha value is -2.57. The van der Waals surface area contributed by atoms with Crippen LogP contribution < -0.4 is 20.3 Å². The van der Waals surface area contributed by atoms with Crippen LogP contribution in [0.2, 0.25) is 0 Å². The number of anilines is 2. The molecule has 2 aromatic carbocycles. The van der Waals surface area contributed by atoms with Gasteiger partial charge in [-0.15, -0.1) is 12.4 Å². The van der Waals surface area contributed by atoms with Crippen molar-refractivity contribution in [1.82, 2.24) is 5.32 Å². The van der Waals surface area contributed by atoms with Gasteiger partial charge in [0.1, 0.15) is 5.75 Å². The molecular formula is C21H26ClN3O3. The number of benzene rings is 2. The number of hydrogen-bond donors (Lipinski definition) is 2. The highest BCUT2D eigenvalue weighted by atomic mass is 35.5. The summed E-state index contributed by atoms with van der Waals surface area (Å²) < 4.78 is 5.57. The van der Waals surface area contributed by atoms with E-state index in [1.807, 2.05) is 43.3 Å². The standard InChI is InChI=1S/C21H25N3O3.ClH/c1-2-22-14-16-6-3-4-7-19(16)23-20(25)15-27-18-11-9-17(10-12-18)24-13-5-8-21(24)26;/h3-4,6-7,9-12,22H,2,5,8,13-15H2,1H3,(H,23,25);1H. The van der Waals surface area contributed by atoms with Crippen molar-refractivity contribution >= 4 is 35.6 Å². The summed E-state index contributed by atoms with van der Waals surface area (Å²) >= 11 is 0. The number of nitrogens with one attached hydrogen (secondary N) is 2. The van der Waals surface area contributed by atoms with Crippen molar-refractivity contribution in [3.63, 3.8) is 0 Å². The Morgan fingerprint density at radius 2 is 1.89 bits per heavy atom. The first kappa shape index (κ1) is 21.7. The molecule has 2 N–H and O–H groups in total. The zero-order chi connectivity index (χ0) is 19.1. The molecule has 0 atom stereocenters. The number of amides is 2. The van der Waals surface area contributed by atoms with E-state index in [4.69, 9.17) is 4.74 Å². The van der Waals surface area contributed by atoms with E-state index in [0.29, 0.717) is 18.7 Å². The second-order valence-electron chi connectivity index (χ2n) is 6.42. The van der Waals surface area contributed by atoms with Crippen molar-refractivity contribution in [3.05, 3.63) is 54.1 Å². The molecule has 1 aliphatic heterocycles. The number of para-hydroxylation sites is 1. The molecule has 0 radical (unpaired) electrons. The molecular weight excluding hydrogens is 378 g/mol. The number of nitrogens with zero attached hydrogens (tertiary/aromatic N) is 1. The average molecular weight is 404 g/mol. The van der Waals surface area contributed by atoms with E-state index in [1.54, 1.807) is 17.0 Å². The maximum atomic E-state index is 12.2. The summed E-state index contributed by atoms with van der Waals surface area (Å²) in [5, 5.41) is 6.15. The molecule has 1 aliphatic rings. The van der Waals surface area contributed by atoms with Crippen LogP contribution in [0.3, 0.4) is 0 Å².